The molecule has 0 saturated carbocycles. The highest BCUT2D eigenvalue weighted by atomic mass is 32.2. The standard InChI is InChI=1S/C25H31N3O2S/c1-24(2,3)18-12-14-19(15-13-18)31(29,30)27-21-10-8-16-26-23(21)28-17-25(4,5)20-9-6-7-11-22(20)28/h6-8,10-16,20,27H,9,17H2,1-5H3. The maximum atomic E-state index is 13.2. The highest BCUT2D eigenvalue weighted by Crippen LogP contribution is 2.48. The molecule has 4 rings (SSSR count). The van der Waals surface area contributed by atoms with E-state index in [2.05, 4.69) is 67.5 Å². The van der Waals surface area contributed by atoms with Gasteiger partial charge < -0.3 is 4.90 Å². The fourth-order valence-electron chi connectivity index (χ4n) is 4.45. The molecule has 1 aromatic carbocycles. The summed E-state index contributed by atoms with van der Waals surface area (Å²) in [7, 11) is -3.74. The van der Waals surface area contributed by atoms with Gasteiger partial charge in [-0.2, -0.15) is 0 Å². The SMILES string of the molecule is CC(C)(C)c1ccc(S(=O)(=O)Nc2cccnc2N2CC(C)(C)C3CC=CC=C32)cc1. The van der Waals surface area contributed by atoms with Crippen LogP contribution in [0.25, 0.3) is 0 Å². The fourth-order valence-corrected chi connectivity index (χ4v) is 5.51. The molecule has 5 nitrogen and oxygen atoms in total. The maximum absolute atomic E-state index is 13.2. The zero-order valence-corrected chi connectivity index (χ0v) is 19.7. The first-order valence-electron chi connectivity index (χ1n) is 10.7. The molecule has 6 heteroatoms. The lowest BCUT2D eigenvalue weighted by Gasteiger charge is -2.26. The smallest absolute Gasteiger partial charge is 0.262 e. The Bertz CT molecular complexity index is 1140. The lowest BCUT2D eigenvalue weighted by atomic mass is 9.77. The summed E-state index contributed by atoms with van der Waals surface area (Å²) in [6.45, 7) is 11.6. The fraction of sp³-hybridized carbons (Fsp3) is 0.400. The van der Waals surface area contributed by atoms with E-state index in [0.29, 0.717) is 17.4 Å². The molecule has 2 heterocycles. The van der Waals surface area contributed by atoms with Crippen molar-refractivity contribution in [2.75, 3.05) is 16.2 Å². The Hall–Kier alpha value is -2.60. The first-order chi connectivity index (χ1) is 14.5. The van der Waals surface area contributed by atoms with E-state index in [1.165, 1.54) is 5.70 Å². The molecule has 0 amide bonds. The zero-order valence-electron chi connectivity index (χ0n) is 18.9. The molecule has 1 unspecified atom stereocenters. The van der Waals surface area contributed by atoms with Gasteiger partial charge in [0.05, 0.1) is 10.6 Å². The maximum Gasteiger partial charge on any atom is 0.262 e. The van der Waals surface area contributed by atoms with Crippen LogP contribution in [0.3, 0.4) is 0 Å². The second kappa shape index (κ2) is 7.52. The first-order valence-corrected chi connectivity index (χ1v) is 12.2. The molecule has 0 bridgehead atoms. The molecule has 164 valence electrons. The second-order valence-corrected chi connectivity index (χ2v) is 11.8. The van der Waals surface area contributed by atoms with Gasteiger partial charge in [0, 0.05) is 24.4 Å². The number of benzene rings is 1. The van der Waals surface area contributed by atoms with Gasteiger partial charge in [-0.15, -0.1) is 0 Å². The molecular weight excluding hydrogens is 406 g/mol. The van der Waals surface area contributed by atoms with Crippen LogP contribution in [0.4, 0.5) is 11.5 Å². The van der Waals surface area contributed by atoms with Crippen LogP contribution in [-0.2, 0) is 15.4 Å². The molecular formula is C25H31N3O2S. The Balaban J connectivity index is 1.67. The summed E-state index contributed by atoms with van der Waals surface area (Å²) >= 11 is 0. The second-order valence-electron chi connectivity index (χ2n) is 10.1. The van der Waals surface area contributed by atoms with Crippen LogP contribution >= 0.6 is 0 Å². The van der Waals surface area contributed by atoms with E-state index < -0.39 is 10.0 Å². The van der Waals surface area contributed by atoms with Crippen molar-refractivity contribution in [1.29, 1.82) is 0 Å². The van der Waals surface area contributed by atoms with Gasteiger partial charge in [-0.1, -0.05) is 58.9 Å². The quantitative estimate of drug-likeness (QED) is 0.687. The number of nitrogens with one attached hydrogen (secondary N) is 1. The molecule has 0 spiro atoms. The molecule has 2 aliphatic rings. The molecule has 0 radical (unpaired) electrons. The van der Waals surface area contributed by atoms with Gasteiger partial charge in [-0.05, 0) is 53.2 Å². The summed E-state index contributed by atoms with van der Waals surface area (Å²) in [4.78, 5) is 6.98. The molecule has 1 saturated heterocycles. The number of nitrogens with zero attached hydrogens (tertiary/aromatic N) is 2. The molecule has 1 aromatic heterocycles. The third-order valence-corrected chi connectivity index (χ3v) is 7.65. The Morgan fingerprint density at radius 1 is 1.13 bits per heavy atom. The lowest BCUT2D eigenvalue weighted by molar-refractivity contribution is 0.306. The summed E-state index contributed by atoms with van der Waals surface area (Å²) in [5.41, 5.74) is 2.83. The van der Waals surface area contributed by atoms with Gasteiger partial charge in [0.1, 0.15) is 0 Å². The van der Waals surface area contributed by atoms with Gasteiger partial charge in [0.2, 0.25) is 0 Å². The van der Waals surface area contributed by atoms with Crippen LogP contribution in [0.2, 0.25) is 0 Å². The number of hydrogen-bond acceptors (Lipinski definition) is 4. The van der Waals surface area contributed by atoms with Crippen LogP contribution < -0.4 is 9.62 Å². The first kappa shape index (κ1) is 21.6. The van der Waals surface area contributed by atoms with Crippen LogP contribution in [0, 0.1) is 11.3 Å². The van der Waals surface area contributed by atoms with Crippen molar-refractivity contribution >= 4 is 21.5 Å². The number of pyridine rings is 1. The van der Waals surface area contributed by atoms with Gasteiger partial charge in [-0.25, -0.2) is 13.4 Å². The van der Waals surface area contributed by atoms with E-state index in [9.17, 15) is 8.42 Å². The van der Waals surface area contributed by atoms with E-state index in [1.807, 2.05) is 12.1 Å². The summed E-state index contributed by atoms with van der Waals surface area (Å²) in [6.07, 6.45) is 9.10. The molecule has 1 atom stereocenters. The zero-order chi connectivity index (χ0) is 22.4. The number of aromatic nitrogens is 1. The van der Waals surface area contributed by atoms with Crippen molar-refractivity contribution < 1.29 is 8.42 Å². The van der Waals surface area contributed by atoms with Crippen molar-refractivity contribution in [2.45, 2.75) is 51.3 Å². The van der Waals surface area contributed by atoms with E-state index in [-0.39, 0.29) is 15.7 Å². The van der Waals surface area contributed by atoms with Gasteiger partial charge in [0.15, 0.2) is 5.82 Å². The number of allylic oxidation sites excluding steroid dienone is 4. The van der Waals surface area contributed by atoms with Crippen LogP contribution in [-0.4, -0.2) is 19.9 Å². The normalized spacial score (nSPS) is 20.4. The number of anilines is 2. The third kappa shape index (κ3) is 4.13. The molecule has 1 aliphatic carbocycles. The largest absolute Gasteiger partial charge is 0.328 e. The van der Waals surface area contributed by atoms with E-state index in [4.69, 9.17) is 0 Å². The van der Waals surface area contributed by atoms with Crippen LogP contribution in [0.5, 0.6) is 0 Å². The number of rotatable bonds is 4. The minimum Gasteiger partial charge on any atom is -0.328 e. The highest BCUT2D eigenvalue weighted by Gasteiger charge is 2.44. The van der Waals surface area contributed by atoms with Crippen molar-refractivity contribution in [3.8, 4) is 0 Å². The predicted octanol–water partition coefficient (Wildman–Crippen LogP) is 5.49. The van der Waals surface area contributed by atoms with Crippen molar-refractivity contribution in [3.63, 3.8) is 0 Å². The average Bonchev–Trinajstić information content (AvgIpc) is 2.99. The van der Waals surface area contributed by atoms with Crippen molar-refractivity contribution in [1.82, 2.24) is 4.98 Å². The molecule has 1 aliphatic heterocycles. The number of hydrogen-bond donors (Lipinski definition) is 1. The van der Waals surface area contributed by atoms with Crippen LogP contribution in [0.15, 0.2) is 71.4 Å². The minimum atomic E-state index is -3.74. The molecule has 1 N–H and O–H groups in total. The van der Waals surface area contributed by atoms with Crippen LogP contribution in [0.1, 0.15) is 46.6 Å². The number of sulfonamides is 1. The summed E-state index contributed by atoms with van der Waals surface area (Å²) in [5, 5.41) is 0. The Morgan fingerprint density at radius 2 is 1.84 bits per heavy atom. The molecule has 1 fully saturated rings. The Morgan fingerprint density at radius 3 is 2.52 bits per heavy atom. The third-order valence-electron chi connectivity index (χ3n) is 6.27. The summed E-state index contributed by atoms with van der Waals surface area (Å²) in [5.74, 6) is 1.04. The minimum absolute atomic E-state index is 0.0342. The molecule has 31 heavy (non-hydrogen) atoms. The van der Waals surface area contributed by atoms with E-state index >= 15 is 0 Å². The lowest BCUT2D eigenvalue weighted by Crippen LogP contribution is -2.25. The number of fused-ring (bicyclic) bond motifs is 1. The Kier molecular flexibility index (Phi) is 5.24. The topological polar surface area (TPSA) is 62.3 Å². The van der Waals surface area contributed by atoms with Gasteiger partial charge >= 0.3 is 0 Å². The van der Waals surface area contributed by atoms with Crippen molar-refractivity contribution in [3.05, 3.63) is 72.1 Å². The van der Waals surface area contributed by atoms with E-state index in [1.54, 1.807) is 30.5 Å². The van der Waals surface area contributed by atoms with Crippen molar-refractivity contribution in [2.24, 2.45) is 11.3 Å². The summed E-state index contributed by atoms with van der Waals surface area (Å²) < 4.78 is 29.1. The van der Waals surface area contributed by atoms with E-state index in [0.717, 1.165) is 18.5 Å². The molecule has 2 aromatic rings. The van der Waals surface area contributed by atoms with Gasteiger partial charge in [-0.3, -0.25) is 4.72 Å². The van der Waals surface area contributed by atoms with Gasteiger partial charge in [0.25, 0.3) is 10.0 Å². The summed E-state index contributed by atoms with van der Waals surface area (Å²) in [6, 6.07) is 10.6. The monoisotopic (exact) mass is 437 g/mol. The average molecular weight is 438 g/mol. The Labute approximate surface area is 185 Å². The highest BCUT2D eigenvalue weighted by molar-refractivity contribution is 7.92. The predicted molar refractivity (Wildman–Crippen MR) is 127 cm³/mol.